The fourth-order valence-electron chi connectivity index (χ4n) is 4.09. The Labute approximate surface area is 174 Å². The van der Waals surface area contributed by atoms with E-state index in [0.717, 1.165) is 41.5 Å². The Morgan fingerprint density at radius 3 is 2.50 bits per heavy atom. The van der Waals surface area contributed by atoms with Gasteiger partial charge in [-0.05, 0) is 55.4 Å². The van der Waals surface area contributed by atoms with Gasteiger partial charge in [0.05, 0.1) is 20.8 Å². The summed E-state index contributed by atoms with van der Waals surface area (Å²) in [6.45, 7) is 1.32. The molecule has 1 unspecified atom stereocenters. The van der Waals surface area contributed by atoms with E-state index in [2.05, 4.69) is 4.99 Å². The predicted octanol–water partition coefficient (Wildman–Crippen LogP) is 3.10. The van der Waals surface area contributed by atoms with Crippen molar-refractivity contribution in [2.45, 2.75) is 51.0 Å². The van der Waals surface area contributed by atoms with Gasteiger partial charge in [-0.25, -0.2) is 9.59 Å². The number of aliphatic carboxylic acids is 1. The number of hydrogen-bond donors (Lipinski definition) is 1. The lowest BCUT2D eigenvalue weighted by atomic mass is 9.95. The first kappa shape index (κ1) is 21.6. The van der Waals surface area contributed by atoms with Crippen LogP contribution < -0.4 is 14.2 Å². The molecule has 2 aliphatic carbocycles. The molecule has 0 radical (unpaired) electrons. The van der Waals surface area contributed by atoms with E-state index >= 15 is 0 Å². The molecule has 160 valence electrons. The van der Waals surface area contributed by atoms with Gasteiger partial charge in [-0.1, -0.05) is 0 Å². The number of isocyanates is 1. The Morgan fingerprint density at radius 1 is 1.17 bits per heavy atom. The minimum atomic E-state index is -1.62. The Hall–Kier alpha value is -3.12. The van der Waals surface area contributed by atoms with Crippen molar-refractivity contribution in [1.82, 2.24) is 0 Å². The lowest BCUT2D eigenvalue weighted by molar-refractivity contribution is -0.143. The van der Waals surface area contributed by atoms with E-state index in [1.165, 1.54) is 20.1 Å². The highest BCUT2D eigenvalue weighted by Crippen LogP contribution is 2.50. The number of rotatable bonds is 8. The predicted molar refractivity (Wildman–Crippen MR) is 108 cm³/mol. The highest BCUT2D eigenvalue weighted by molar-refractivity contribution is 6.06. The number of aryl methyl sites for hydroxylation is 1. The lowest BCUT2D eigenvalue weighted by Gasteiger charge is -2.22. The summed E-state index contributed by atoms with van der Waals surface area (Å²) < 4.78 is 17.1. The number of fused-ring (bicyclic) bond motifs is 2. The zero-order valence-corrected chi connectivity index (χ0v) is 17.4. The number of ether oxygens (including phenoxy) is 3. The molecule has 0 fully saturated rings. The van der Waals surface area contributed by atoms with Crippen LogP contribution in [0, 0.1) is 0 Å². The molecule has 2 aliphatic rings. The molecule has 0 aliphatic heterocycles. The Balaban J connectivity index is 1.98. The SMILES string of the molecule is COc1c(OCCC(C)(N=C=O)C(=O)O)cc2c(c1OC)C1=C(CCC1)C(=O)CC2. The topological polar surface area (TPSA) is 111 Å². The molecular weight excluding hydrogens is 390 g/mol. The van der Waals surface area contributed by atoms with Gasteiger partial charge in [0.15, 0.2) is 22.8 Å². The van der Waals surface area contributed by atoms with Gasteiger partial charge in [-0.2, -0.15) is 4.99 Å². The van der Waals surface area contributed by atoms with Crippen LogP contribution in [-0.2, 0) is 20.8 Å². The average molecular weight is 415 g/mol. The zero-order valence-electron chi connectivity index (χ0n) is 17.4. The molecule has 1 aromatic rings. The van der Waals surface area contributed by atoms with Crippen LogP contribution in [0.15, 0.2) is 16.6 Å². The van der Waals surface area contributed by atoms with Crippen LogP contribution in [0.5, 0.6) is 17.2 Å². The number of methoxy groups -OCH3 is 2. The molecule has 0 amide bonds. The standard InChI is InChI=1S/C22H25NO7/c1-22(21(26)27,23-12-24)9-10-30-17-11-13-7-8-16(25)14-5-4-6-15(14)18(13)20(29-3)19(17)28-2/h11H,4-10H2,1-3H3,(H,26,27). The summed E-state index contributed by atoms with van der Waals surface area (Å²) in [5.74, 6) is 0.234. The van der Waals surface area contributed by atoms with Crippen LogP contribution in [0.25, 0.3) is 5.57 Å². The molecule has 0 spiro atoms. The van der Waals surface area contributed by atoms with Crippen LogP contribution in [0.4, 0.5) is 0 Å². The van der Waals surface area contributed by atoms with Crippen molar-refractivity contribution in [3.8, 4) is 17.2 Å². The largest absolute Gasteiger partial charge is 0.492 e. The van der Waals surface area contributed by atoms with E-state index in [1.807, 2.05) is 6.07 Å². The van der Waals surface area contributed by atoms with Crippen molar-refractivity contribution in [1.29, 1.82) is 0 Å². The Bertz CT molecular complexity index is 955. The quantitative estimate of drug-likeness (QED) is 0.513. The fourth-order valence-corrected chi connectivity index (χ4v) is 4.09. The first-order valence-electron chi connectivity index (χ1n) is 9.85. The summed E-state index contributed by atoms with van der Waals surface area (Å²) in [6, 6.07) is 1.83. The van der Waals surface area contributed by atoms with Crippen LogP contribution in [0.1, 0.15) is 50.2 Å². The van der Waals surface area contributed by atoms with Gasteiger partial charge in [0.2, 0.25) is 11.8 Å². The van der Waals surface area contributed by atoms with Crippen molar-refractivity contribution in [3.05, 3.63) is 22.8 Å². The second-order valence-electron chi connectivity index (χ2n) is 7.59. The average Bonchev–Trinajstić information content (AvgIpc) is 3.16. The van der Waals surface area contributed by atoms with E-state index < -0.39 is 11.5 Å². The lowest BCUT2D eigenvalue weighted by Crippen LogP contribution is -2.34. The molecule has 1 N–H and O–H groups in total. The molecule has 1 atom stereocenters. The maximum Gasteiger partial charge on any atom is 0.332 e. The summed E-state index contributed by atoms with van der Waals surface area (Å²) in [6.07, 6.45) is 4.78. The van der Waals surface area contributed by atoms with Crippen LogP contribution >= 0.6 is 0 Å². The van der Waals surface area contributed by atoms with Crippen LogP contribution in [0.2, 0.25) is 0 Å². The number of allylic oxidation sites excluding steroid dienone is 2. The van der Waals surface area contributed by atoms with Gasteiger partial charge >= 0.3 is 5.97 Å². The van der Waals surface area contributed by atoms with E-state index in [9.17, 15) is 19.5 Å². The number of carbonyl (C=O) groups excluding carboxylic acids is 2. The van der Waals surface area contributed by atoms with Crippen LogP contribution in [-0.4, -0.2) is 49.3 Å². The first-order chi connectivity index (χ1) is 14.4. The number of Topliss-reactive ketones (excluding diaryl/α,β-unsaturated/α-hetero) is 1. The van der Waals surface area contributed by atoms with Gasteiger partial charge in [-0.15, -0.1) is 0 Å². The molecule has 1 aromatic carbocycles. The third-order valence-electron chi connectivity index (χ3n) is 5.77. The summed E-state index contributed by atoms with van der Waals surface area (Å²) >= 11 is 0. The molecule has 3 rings (SSSR count). The molecular formula is C22H25NO7. The van der Waals surface area contributed by atoms with Crippen molar-refractivity contribution in [2.75, 3.05) is 20.8 Å². The maximum absolute atomic E-state index is 12.6. The van der Waals surface area contributed by atoms with Gasteiger partial charge in [-0.3, -0.25) is 4.79 Å². The van der Waals surface area contributed by atoms with Crippen molar-refractivity contribution >= 4 is 23.4 Å². The molecule has 0 saturated carbocycles. The summed E-state index contributed by atoms with van der Waals surface area (Å²) in [4.78, 5) is 38.0. The molecule has 8 heteroatoms. The van der Waals surface area contributed by atoms with E-state index in [-0.39, 0.29) is 18.8 Å². The second kappa shape index (κ2) is 8.71. The third-order valence-corrected chi connectivity index (χ3v) is 5.77. The minimum absolute atomic E-state index is 0.0147. The maximum atomic E-state index is 12.6. The number of carboxylic acids is 1. The Kier molecular flexibility index (Phi) is 6.27. The highest BCUT2D eigenvalue weighted by Gasteiger charge is 2.34. The smallest absolute Gasteiger partial charge is 0.332 e. The molecule has 0 heterocycles. The summed E-state index contributed by atoms with van der Waals surface area (Å²) in [5, 5.41) is 9.34. The number of carboxylic acid groups (broad SMARTS) is 1. The number of nitrogens with zero attached hydrogens (tertiary/aromatic N) is 1. The molecule has 8 nitrogen and oxygen atoms in total. The summed E-state index contributed by atoms with van der Waals surface area (Å²) in [7, 11) is 3.05. The van der Waals surface area contributed by atoms with Crippen molar-refractivity contribution in [3.63, 3.8) is 0 Å². The van der Waals surface area contributed by atoms with E-state index in [4.69, 9.17) is 14.2 Å². The van der Waals surface area contributed by atoms with Crippen LogP contribution in [0.3, 0.4) is 0 Å². The number of ketones is 1. The molecule has 0 aromatic heterocycles. The monoisotopic (exact) mass is 415 g/mol. The summed E-state index contributed by atoms with van der Waals surface area (Å²) in [5.41, 5.74) is 2.12. The molecule has 0 bridgehead atoms. The zero-order chi connectivity index (χ0) is 21.9. The van der Waals surface area contributed by atoms with Crippen molar-refractivity contribution in [2.24, 2.45) is 4.99 Å². The highest BCUT2D eigenvalue weighted by atomic mass is 16.5. The van der Waals surface area contributed by atoms with Gasteiger partial charge in [0.25, 0.3) is 0 Å². The molecule has 30 heavy (non-hydrogen) atoms. The van der Waals surface area contributed by atoms with Gasteiger partial charge < -0.3 is 19.3 Å². The number of carbonyl (C=O) groups is 2. The minimum Gasteiger partial charge on any atom is -0.492 e. The van der Waals surface area contributed by atoms with Crippen molar-refractivity contribution < 1.29 is 33.7 Å². The van der Waals surface area contributed by atoms with Gasteiger partial charge in [0, 0.05) is 18.4 Å². The van der Waals surface area contributed by atoms with Gasteiger partial charge in [0.1, 0.15) is 0 Å². The first-order valence-corrected chi connectivity index (χ1v) is 9.85. The normalized spacial score (nSPS) is 17.2. The number of hydrogen-bond acceptors (Lipinski definition) is 7. The van der Waals surface area contributed by atoms with E-state index in [0.29, 0.717) is 30.1 Å². The number of aliphatic imine (C=N–C) groups is 1. The number of benzene rings is 1. The fraction of sp³-hybridized carbons (Fsp3) is 0.500. The molecule has 0 saturated heterocycles. The second-order valence-corrected chi connectivity index (χ2v) is 7.59. The van der Waals surface area contributed by atoms with E-state index in [1.54, 1.807) is 7.11 Å². The third kappa shape index (κ3) is 3.83. The Morgan fingerprint density at radius 2 is 1.87 bits per heavy atom.